The van der Waals surface area contributed by atoms with E-state index in [1.54, 1.807) is 0 Å². The number of imidazole rings is 2. The fourth-order valence-corrected chi connectivity index (χ4v) is 5.48. The SMILES string of the molecule is CC(=O)OC(C)=O.CC[C@H]1O[C@@H](n2cnc3c(=O)[nH]c(N)nc32)[C@@H](OC(C)=O)C1OC(C)=O.Nc1nc2c(ncn2[C@@H]2O[C@H](CO)C(O)[C@@H]2O)c(=O)[nH]1. The van der Waals surface area contributed by atoms with Gasteiger partial charge in [-0.2, -0.15) is 9.97 Å². The minimum atomic E-state index is -1.29. The number of aromatic amines is 2. The van der Waals surface area contributed by atoms with Gasteiger partial charge in [-0.05, 0) is 6.42 Å². The highest BCUT2D eigenvalue weighted by molar-refractivity contribution is 5.82. The summed E-state index contributed by atoms with van der Waals surface area (Å²) in [5.74, 6) is -2.40. The molecule has 0 radical (unpaired) electrons. The zero-order valence-electron chi connectivity index (χ0n) is 28.9. The molecule has 24 heteroatoms. The molecule has 0 aromatic carbocycles. The number of aliphatic hydroxyl groups is 3. The van der Waals surface area contributed by atoms with E-state index < -0.39 is 90.7 Å². The van der Waals surface area contributed by atoms with Gasteiger partial charge < -0.3 is 50.5 Å². The number of anilines is 2. The van der Waals surface area contributed by atoms with Gasteiger partial charge in [0.1, 0.15) is 24.4 Å². The van der Waals surface area contributed by atoms with Crippen molar-refractivity contribution in [3.05, 3.63) is 33.4 Å². The first-order chi connectivity index (χ1) is 25.0. The van der Waals surface area contributed by atoms with Crippen LogP contribution in [0.1, 0.15) is 53.5 Å². The minimum Gasteiger partial charge on any atom is -0.456 e. The van der Waals surface area contributed by atoms with Gasteiger partial charge in [0.2, 0.25) is 11.9 Å². The van der Waals surface area contributed by atoms with E-state index >= 15 is 0 Å². The standard InChI is InChI=1S/C15H19N5O6.C10H13N5O5.C4H6O3/c1-4-8-10(24-6(2)21)11(25-7(3)22)14(26-8)20-5-17-9-12(20)18-15(16)19-13(9)23;11-10-13-7-4(8(19)14-10)12-2-15(7)9-6(18)5(17)3(1-16)20-9;1-3(5)7-4(2)6/h5,8,10-11,14H,4H2,1-3H3,(H3,16,18,19,23);2-3,5-6,9,16-18H,1H2,(H3,11,13,14,19);1-2H3/t8-,10?,11+,14-;3-,5?,6+,9-;/m11./s1. The lowest BCUT2D eigenvalue weighted by Gasteiger charge is -2.23. The van der Waals surface area contributed by atoms with Crippen molar-refractivity contribution in [3.8, 4) is 0 Å². The molecule has 0 amide bonds. The second kappa shape index (κ2) is 16.7. The summed E-state index contributed by atoms with van der Waals surface area (Å²) in [4.78, 5) is 86.9. The van der Waals surface area contributed by atoms with Crippen molar-refractivity contribution in [2.24, 2.45) is 0 Å². The van der Waals surface area contributed by atoms with E-state index in [0.29, 0.717) is 6.42 Å². The molecule has 6 heterocycles. The molecule has 0 bridgehead atoms. The summed E-state index contributed by atoms with van der Waals surface area (Å²) in [6.07, 6.45) is -4.49. The minimum absolute atomic E-state index is 0.0388. The Labute approximate surface area is 297 Å². The van der Waals surface area contributed by atoms with Crippen LogP contribution in [0.25, 0.3) is 22.3 Å². The fourth-order valence-electron chi connectivity index (χ4n) is 5.48. The zero-order valence-corrected chi connectivity index (χ0v) is 28.9. The van der Waals surface area contributed by atoms with Crippen LogP contribution in [0.5, 0.6) is 0 Å². The first kappa shape index (κ1) is 40.0. The first-order valence-corrected chi connectivity index (χ1v) is 15.7. The number of aliphatic hydroxyl groups excluding tert-OH is 3. The molecule has 4 aromatic heterocycles. The quantitative estimate of drug-likeness (QED) is 0.0598. The van der Waals surface area contributed by atoms with Gasteiger partial charge in [-0.3, -0.25) is 47.9 Å². The van der Waals surface area contributed by atoms with Crippen molar-refractivity contribution in [2.45, 2.75) is 90.1 Å². The highest BCUT2D eigenvalue weighted by Gasteiger charge is 2.50. The number of hydrogen-bond acceptors (Lipinski definition) is 20. The van der Waals surface area contributed by atoms with Gasteiger partial charge in [-0.15, -0.1) is 0 Å². The summed E-state index contributed by atoms with van der Waals surface area (Å²) >= 11 is 0. The second-order valence-corrected chi connectivity index (χ2v) is 11.5. The van der Waals surface area contributed by atoms with Gasteiger partial charge in [-0.1, -0.05) is 6.92 Å². The van der Waals surface area contributed by atoms with E-state index in [1.165, 1.54) is 49.5 Å². The number of H-pyrrole nitrogens is 2. The molecule has 9 N–H and O–H groups in total. The van der Waals surface area contributed by atoms with Gasteiger partial charge in [0, 0.05) is 27.7 Å². The Kier molecular flexibility index (Phi) is 12.6. The molecule has 4 aromatic rings. The molecule has 6 rings (SSSR count). The van der Waals surface area contributed by atoms with Crippen LogP contribution in [0.4, 0.5) is 11.9 Å². The third-order valence-corrected chi connectivity index (χ3v) is 7.55. The Morgan fingerprint density at radius 3 is 1.60 bits per heavy atom. The Bertz CT molecular complexity index is 2080. The van der Waals surface area contributed by atoms with Gasteiger partial charge in [-0.25, -0.2) is 9.97 Å². The Morgan fingerprint density at radius 1 is 0.755 bits per heavy atom. The summed E-state index contributed by atoms with van der Waals surface area (Å²) in [7, 11) is 0. The van der Waals surface area contributed by atoms with Gasteiger partial charge in [0.15, 0.2) is 47.0 Å². The van der Waals surface area contributed by atoms with Crippen LogP contribution < -0.4 is 22.6 Å². The molecule has 8 atom stereocenters. The molecule has 2 fully saturated rings. The number of rotatable bonds is 6. The molecule has 24 nitrogen and oxygen atoms in total. The number of carbonyl (C=O) groups is 4. The third kappa shape index (κ3) is 8.98. The normalized spacial score (nSPS) is 24.8. The lowest BCUT2D eigenvalue weighted by molar-refractivity contribution is -0.165. The average molecular weight is 751 g/mol. The molecule has 2 unspecified atom stereocenters. The van der Waals surface area contributed by atoms with E-state index in [0.717, 1.165) is 0 Å². The molecule has 0 saturated carbocycles. The summed E-state index contributed by atoms with van der Waals surface area (Å²) in [6.45, 7) is 6.27. The van der Waals surface area contributed by atoms with Crippen molar-refractivity contribution in [1.29, 1.82) is 0 Å². The molecular weight excluding hydrogens is 712 g/mol. The van der Waals surface area contributed by atoms with E-state index in [-0.39, 0.29) is 34.2 Å². The summed E-state index contributed by atoms with van der Waals surface area (Å²) in [5.41, 5.74) is 10.5. The molecule has 53 heavy (non-hydrogen) atoms. The van der Waals surface area contributed by atoms with Crippen molar-refractivity contribution in [3.63, 3.8) is 0 Å². The van der Waals surface area contributed by atoms with Crippen molar-refractivity contribution in [2.75, 3.05) is 18.1 Å². The van der Waals surface area contributed by atoms with E-state index in [4.69, 9.17) is 35.5 Å². The number of nitrogens with zero attached hydrogens (tertiary/aromatic N) is 6. The van der Waals surface area contributed by atoms with Crippen LogP contribution >= 0.6 is 0 Å². The van der Waals surface area contributed by atoms with Gasteiger partial charge in [0.05, 0.1) is 19.3 Å². The molecular formula is C29H38N10O14. The van der Waals surface area contributed by atoms with E-state index in [2.05, 4.69) is 34.6 Å². The first-order valence-electron chi connectivity index (χ1n) is 15.7. The summed E-state index contributed by atoms with van der Waals surface area (Å²) in [6, 6.07) is 0. The van der Waals surface area contributed by atoms with Crippen LogP contribution in [0.15, 0.2) is 22.2 Å². The van der Waals surface area contributed by atoms with Crippen molar-refractivity contribution in [1.82, 2.24) is 39.0 Å². The zero-order chi connectivity index (χ0) is 39.3. The van der Waals surface area contributed by atoms with Crippen LogP contribution in [0.2, 0.25) is 0 Å². The maximum absolute atomic E-state index is 12.0. The molecule has 288 valence electrons. The summed E-state index contributed by atoms with van der Waals surface area (Å²) < 4.78 is 28.7. The maximum Gasteiger partial charge on any atom is 0.310 e. The lowest BCUT2D eigenvalue weighted by atomic mass is 10.1. The fraction of sp³-hybridized carbons (Fsp3) is 0.517. The number of aromatic nitrogens is 8. The number of fused-ring (bicyclic) bond motifs is 2. The van der Waals surface area contributed by atoms with E-state index in [1.807, 2.05) is 6.92 Å². The van der Waals surface area contributed by atoms with Gasteiger partial charge >= 0.3 is 23.9 Å². The second-order valence-electron chi connectivity index (χ2n) is 11.5. The highest BCUT2D eigenvalue weighted by Crippen LogP contribution is 2.36. The van der Waals surface area contributed by atoms with Crippen LogP contribution in [-0.4, -0.2) is 121 Å². The highest BCUT2D eigenvalue weighted by atomic mass is 16.6. The molecule has 0 spiro atoms. The van der Waals surface area contributed by atoms with Crippen LogP contribution in [0.3, 0.4) is 0 Å². The van der Waals surface area contributed by atoms with Crippen LogP contribution in [0, 0.1) is 0 Å². The Balaban J connectivity index is 0.000000205. The number of nitrogen functional groups attached to an aromatic ring is 2. The van der Waals surface area contributed by atoms with Crippen molar-refractivity contribution < 1.29 is 58.2 Å². The van der Waals surface area contributed by atoms with Gasteiger partial charge in [0.25, 0.3) is 11.1 Å². The Morgan fingerprint density at radius 2 is 1.21 bits per heavy atom. The number of esters is 4. The monoisotopic (exact) mass is 750 g/mol. The number of nitrogens with two attached hydrogens (primary N) is 2. The largest absolute Gasteiger partial charge is 0.456 e. The number of carbonyl (C=O) groups excluding carboxylic acids is 4. The lowest BCUT2D eigenvalue weighted by Crippen LogP contribution is -2.38. The smallest absolute Gasteiger partial charge is 0.310 e. The summed E-state index contributed by atoms with van der Waals surface area (Å²) in [5, 5.41) is 28.7. The van der Waals surface area contributed by atoms with E-state index in [9.17, 15) is 39.0 Å². The maximum atomic E-state index is 12.0. The average Bonchev–Trinajstić information content (AvgIpc) is 3.81. The van der Waals surface area contributed by atoms with Crippen molar-refractivity contribution >= 4 is 58.1 Å². The third-order valence-electron chi connectivity index (χ3n) is 7.55. The van der Waals surface area contributed by atoms with Crippen LogP contribution in [-0.2, 0) is 42.9 Å². The number of hydrogen-bond donors (Lipinski definition) is 7. The molecule has 2 aliphatic heterocycles. The molecule has 2 saturated heterocycles. The molecule has 0 aliphatic carbocycles. The predicted octanol–water partition coefficient (Wildman–Crippen LogP) is -2.72. The molecule has 2 aliphatic rings. The number of ether oxygens (including phenoxy) is 5. The topological polar surface area (TPSA) is 354 Å². The predicted molar refractivity (Wildman–Crippen MR) is 176 cm³/mol. The Hall–Kier alpha value is -5.82. The number of nitrogens with one attached hydrogen (secondary N) is 2.